The Balaban J connectivity index is 3.04. The zero-order valence-electron chi connectivity index (χ0n) is 13.4. The van der Waals surface area contributed by atoms with Gasteiger partial charge < -0.3 is 19.3 Å². The Morgan fingerprint density at radius 3 is 2.12 bits per heavy atom. The number of nitrogens with zero attached hydrogens (tertiary/aromatic N) is 1. The first kappa shape index (κ1) is 18.9. The molecule has 0 aliphatic carbocycles. The summed E-state index contributed by atoms with van der Waals surface area (Å²) in [5.41, 5.74) is -0.578. The summed E-state index contributed by atoms with van der Waals surface area (Å²) in [7, 11) is 2.09. The van der Waals surface area contributed by atoms with E-state index in [1.807, 2.05) is 0 Å². The van der Waals surface area contributed by atoms with Crippen LogP contribution in [0.4, 0.5) is 4.79 Å². The van der Waals surface area contributed by atoms with Crippen LogP contribution in [-0.2, 0) is 30.4 Å². The van der Waals surface area contributed by atoms with Crippen LogP contribution in [0.2, 0.25) is 0 Å². The van der Waals surface area contributed by atoms with Gasteiger partial charge in [0.05, 0.1) is 14.2 Å². The van der Waals surface area contributed by atoms with Crippen molar-refractivity contribution in [2.45, 2.75) is 13.5 Å². The van der Waals surface area contributed by atoms with Gasteiger partial charge in [0.25, 0.3) is 0 Å². The van der Waals surface area contributed by atoms with Crippen LogP contribution in [-0.4, -0.2) is 43.1 Å². The molecule has 0 bridgehead atoms. The molecular weight excluding hydrogens is 318 g/mol. The van der Waals surface area contributed by atoms with E-state index < -0.39 is 35.1 Å². The topological polar surface area (TPSA) is 111 Å². The van der Waals surface area contributed by atoms with Gasteiger partial charge in [-0.15, -0.1) is 0 Å². The second-order valence-electron chi connectivity index (χ2n) is 4.44. The maximum atomic E-state index is 11.8. The van der Waals surface area contributed by atoms with Gasteiger partial charge in [-0.25, -0.2) is 14.4 Å². The summed E-state index contributed by atoms with van der Waals surface area (Å²) < 4.78 is 13.8. The predicted octanol–water partition coefficient (Wildman–Crippen LogP) is 1.94. The molecule has 0 radical (unpaired) electrons. The van der Waals surface area contributed by atoms with Crippen LogP contribution in [0, 0.1) is 0 Å². The fraction of sp³-hybridized carbons (Fsp3) is 0.250. The third kappa shape index (κ3) is 5.24. The maximum Gasteiger partial charge on any atom is 0.434 e. The van der Waals surface area contributed by atoms with Gasteiger partial charge in [-0.1, -0.05) is 30.3 Å². The average Bonchev–Trinajstić information content (AvgIpc) is 2.59. The minimum absolute atomic E-state index is 0.0764. The van der Waals surface area contributed by atoms with Crippen molar-refractivity contribution < 1.29 is 33.7 Å². The molecule has 128 valence electrons. The number of amides is 1. The minimum atomic E-state index is -1.12. The lowest BCUT2D eigenvalue weighted by Crippen LogP contribution is -2.26. The first-order valence-electron chi connectivity index (χ1n) is 6.76. The summed E-state index contributed by atoms with van der Waals surface area (Å²) in [5, 5.41) is 9.59. The van der Waals surface area contributed by atoms with E-state index in [1.54, 1.807) is 30.3 Å². The summed E-state index contributed by atoms with van der Waals surface area (Å²) in [6, 6.07) is 8.79. The van der Waals surface area contributed by atoms with Crippen LogP contribution in [0.15, 0.2) is 46.7 Å². The van der Waals surface area contributed by atoms with Gasteiger partial charge in [-0.3, -0.25) is 0 Å². The van der Waals surface area contributed by atoms with Crippen LogP contribution in [0.25, 0.3) is 0 Å². The quantitative estimate of drug-likeness (QED) is 0.288. The maximum absolute atomic E-state index is 11.8. The van der Waals surface area contributed by atoms with Crippen LogP contribution >= 0.6 is 0 Å². The Bertz CT molecular complexity index is 673. The highest BCUT2D eigenvalue weighted by molar-refractivity contribution is 6.50. The van der Waals surface area contributed by atoms with E-state index in [9.17, 15) is 19.5 Å². The van der Waals surface area contributed by atoms with Crippen molar-refractivity contribution in [2.24, 2.45) is 4.99 Å². The standard InChI is InChI=1S/C16H17NO7/c1-10(18)12(14(19)22-2)13(15(20)23-3)17-16(21)24-9-11-7-5-4-6-8-11/h4-8,18H,9H2,1-3H3/b12-10+,17-13-. The first-order chi connectivity index (χ1) is 11.4. The van der Waals surface area contributed by atoms with Crippen LogP contribution in [0.3, 0.4) is 0 Å². The smallest absolute Gasteiger partial charge is 0.434 e. The highest BCUT2D eigenvalue weighted by Gasteiger charge is 2.28. The molecule has 0 fully saturated rings. The SMILES string of the molecule is COC(=O)C(=N\C(=O)OCc1ccccc1)/C(C(=O)OC)=C(/C)O. The molecule has 0 saturated carbocycles. The molecule has 24 heavy (non-hydrogen) atoms. The van der Waals surface area contributed by atoms with Gasteiger partial charge in [0.15, 0.2) is 5.71 Å². The molecule has 1 rings (SSSR count). The number of carbonyl (C=O) groups is 3. The molecule has 0 atom stereocenters. The average molecular weight is 335 g/mol. The number of aliphatic hydroxyl groups excluding tert-OH is 1. The second kappa shape index (κ2) is 9.09. The third-order valence-electron chi connectivity index (χ3n) is 2.78. The lowest BCUT2D eigenvalue weighted by molar-refractivity contribution is -0.137. The minimum Gasteiger partial charge on any atom is -0.512 e. The summed E-state index contributed by atoms with van der Waals surface area (Å²) >= 11 is 0. The van der Waals surface area contributed by atoms with Crippen molar-refractivity contribution in [2.75, 3.05) is 14.2 Å². The van der Waals surface area contributed by atoms with Crippen molar-refractivity contribution in [3.63, 3.8) is 0 Å². The molecule has 1 aromatic carbocycles. The number of benzene rings is 1. The zero-order valence-corrected chi connectivity index (χ0v) is 13.4. The van der Waals surface area contributed by atoms with E-state index in [1.165, 1.54) is 0 Å². The van der Waals surface area contributed by atoms with E-state index in [2.05, 4.69) is 14.5 Å². The third-order valence-corrected chi connectivity index (χ3v) is 2.78. The second-order valence-corrected chi connectivity index (χ2v) is 4.44. The molecule has 1 amide bonds. The largest absolute Gasteiger partial charge is 0.512 e. The Kier molecular flexibility index (Phi) is 7.15. The van der Waals surface area contributed by atoms with Gasteiger partial charge >= 0.3 is 18.0 Å². The normalized spacial score (nSPS) is 12.0. The fourth-order valence-electron chi connectivity index (χ4n) is 1.66. The number of aliphatic imine (C=N–C) groups is 1. The molecule has 1 N–H and O–H groups in total. The Morgan fingerprint density at radius 1 is 1.04 bits per heavy atom. The number of allylic oxidation sites excluding steroid dienone is 1. The Hall–Kier alpha value is -3.16. The van der Waals surface area contributed by atoms with Crippen molar-refractivity contribution >= 4 is 23.7 Å². The zero-order chi connectivity index (χ0) is 18.1. The lowest BCUT2D eigenvalue weighted by atomic mass is 10.1. The molecule has 0 spiro atoms. The van der Waals surface area contributed by atoms with Gasteiger partial charge in [0.2, 0.25) is 0 Å². The fourth-order valence-corrected chi connectivity index (χ4v) is 1.66. The number of hydrogen-bond donors (Lipinski definition) is 1. The van der Waals surface area contributed by atoms with E-state index in [0.717, 1.165) is 21.1 Å². The van der Waals surface area contributed by atoms with Gasteiger partial charge in [-0.05, 0) is 12.5 Å². The van der Waals surface area contributed by atoms with Crippen molar-refractivity contribution in [3.8, 4) is 0 Å². The molecule has 0 unspecified atom stereocenters. The Morgan fingerprint density at radius 2 is 1.62 bits per heavy atom. The number of ether oxygens (including phenoxy) is 3. The van der Waals surface area contributed by atoms with Crippen molar-refractivity contribution in [1.29, 1.82) is 0 Å². The molecule has 0 aromatic heterocycles. The number of aliphatic hydroxyl groups is 1. The van der Waals surface area contributed by atoms with Crippen LogP contribution in [0.5, 0.6) is 0 Å². The monoisotopic (exact) mass is 335 g/mol. The van der Waals surface area contributed by atoms with Crippen molar-refractivity contribution in [3.05, 3.63) is 47.2 Å². The van der Waals surface area contributed by atoms with Gasteiger partial charge in [0.1, 0.15) is 17.9 Å². The van der Waals surface area contributed by atoms with Crippen LogP contribution < -0.4 is 0 Å². The molecular formula is C16H17NO7. The van der Waals surface area contributed by atoms with E-state index in [0.29, 0.717) is 5.56 Å². The molecule has 0 heterocycles. The van der Waals surface area contributed by atoms with Crippen LogP contribution in [0.1, 0.15) is 12.5 Å². The molecule has 0 aliphatic heterocycles. The van der Waals surface area contributed by atoms with Gasteiger partial charge in [0, 0.05) is 0 Å². The van der Waals surface area contributed by atoms with Gasteiger partial charge in [-0.2, -0.15) is 4.99 Å². The summed E-state index contributed by atoms with van der Waals surface area (Å²) in [5.74, 6) is -2.70. The summed E-state index contributed by atoms with van der Waals surface area (Å²) in [4.78, 5) is 38.7. The van der Waals surface area contributed by atoms with E-state index in [4.69, 9.17) is 4.74 Å². The van der Waals surface area contributed by atoms with E-state index in [-0.39, 0.29) is 6.61 Å². The number of carbonyl (C=O) groups excluding carboxylic acids is 3. The van der Waals surface area contributed by atoms with E-state index >= 15 is 0 Å². The number of esters is 2. The lowest BCUT2D eigenvalue weighted by Gasteiger charge is -2.08. The Labute approximate surface area is 138 Å². The molecule has 1 aromatic rings. The predicted molar refractivity (Wildman–Crippen MR) is 83.4 cm³/mol. The molecule has 0 aliphatic rings. The number of rotatable bonds is 5. The first-order valence-corrected chi connectivity index (χ1v) is 6.76. The highest BCUT2D eigenvalue weighted by Crippen LogP contribution is 2.10. The van der Waals surface area contributed by atoms with Crippen molar-refractivity contribution in [1.82, 2.24) is 0 Å². The molecule has 8 nitrogen and oxygen atoms in total. The summed E-state index contributed by atoms with van der Waals surface area (Å²) in [6.45, 7) is 1.06. The summed E-state index contributed by atoms with van der Waals surface area (Å²) in [6.07, 6.45) is -1.12. The number of hydrogen-bond acceptors (Lipinski definition) is 7. The number of methoxy groups -OCH3 is 2. The molecule has 0 saturated heterocycles. The highest BCUT2D eigenvalue weighted by atomic mass is 16.6. The molecule has 8 heteroatoms.